The molecular formula is C20H25N5O2S. The van der Waals surface area contributed by atoms with Gasteiger partial charge in [-0.1, -0.05) is 18.0 Å². The van der Waals surface area contributed by atoms with E-state index in [1.807, 2.05) is 26.0 Å². The van der Waals surface area contributed by atoms with Crippen LogP contribution in [0.5, 0.6) is 0 Å². The Morgan fingerprint density at radius 2 is 1.93 bits per heavy atom. The SMILES string of the molecule is Cc1noc(C)c1-c1cc(S(=O)NC2CCCC2)c2nc(NC3CC3)[nH]c2c1. The van der Waals surface area contributed by atoms with Crippen molar-refractivity contribution in [3.8, 4) is 11.1 Å². The Morgan fingerprint density at radius 1 is 1.14 bits per heavy atom. The summed E-state index contributed by atoms with van der Waals surface area (Å²) in [5, 5.41) is 7.48. The van der Waals surface area contributed by atoms with Gasteiger partial charge in [0.2, 0.25) is 5.95 Å². The van der Waals surface area contributed by atoms with Crippen LogP contribution in [-0.2, 0) is 11.0 Å². The maximum Gasteiger partial charge on any atom is 0.201 e. The number of nitrogens with one attached hydrogen (secondary N) is 3. The Labute approximate surface area is 166 Å². The van der Waals surface area contributed by atoms with E-state index in [-0.39, 0.29) is 0 Å². The summed E-state index contributed by atoms with van der Waals surface area (Å²) >= 11 is 0. The normalized spacial score (nSPS) is 18.8. The minimum absolute atomic E-state index is 0.307. The first-order valence-corrected chi connectivity index (χ1v) is 11.1. The molecule has 3 aromatic rings. The predicted molar refractivity (Wildman–Crippen MR) is 110 cm³/mol. The van der Waals surface area contributed by atoms with Crippen LogP contribution in [0, 0.1) is 13.8 Å². The molecule has 7 nitrogen and oxygen atoms in total. The zero-order chi connectivity index (χ0) is 19.3. The van der Waals surface area contributed by atoms with Crippen molar-refractivity contribution in [3.05, 3.63) is 23.6 Å². The van der Waals surface area contributed by atoms with E-state index in [4.69, 9.17) is 9.51 Å². The fraction of sp³-hybridized carbons (Fsp3) is 0.500. The Balaban J connectivity index is 1.59. The first-order chi connectivity index (χ1) is 13.6. The van der Waals surface area contributed by atoms with Gasteiger partial charge in [0, 0.05) is 17.6 Å². The second-order valence-electron chi connectivity index (χ2n) is 7.94. The van der Waals surface area contributed by atoms with Gasteiger partial charge in [-0.05, 0) is 57.2 Å². The van der Waals surface area contributed by atoms with Crippen LogP contribution in [0.15, 0.2) is 21.6 Å². The van der Waals surface area contributed by atoms with Gasteiger partial charge in [-0.2, -0.15) is 0 Å². The molecule has 0 saturated heterocycles. The van der Waals surface area contributed by atoms with Gasteiger partial charge >= 0.3 is 0 Å². The monoisotopic (exact) mass is 399 g/mol. The van der Waals surface area contributed by atoms with Crippen LogP contribution in [0.1, 0.15) is 50.0 Å². The van der Waals surface area contributed by atoms with Gasteiger partial charge in [0.1, 0.15) is 22.3 Å². The number of anilines is 1. The molecule has 2 heterocycles. The molecule has 0 spiro atoms. The molecule has 1 aromatic carbocycles. The summed E-state index contributed by atoms with van der Waals surface area (Å²) in [6, 6.07) is 4.81. The molecule has 2 aliphatic rings. The molecule has 2 saturated carbocycles. The molecule has 28 heavy (non-hydrogen) atoms. The summed E-state index contributed by atoms with van der Waals surface area (Å²) in [5.41, 5.74) is 4.35. The third kappa shape index (κ3) is 3.35. The highest BCUT2D eigenvalue weighted by Crippen LogP contribution is 2.34. The summed E-state index contributed by atoms with van der Waals surface area (Å²) in [7, 11) is -1.33. The molecule has 8 heteroatoms. The lowest BCUT2D eigenvalue weighted by atomic mass is 10.0. The number of aryl methyl sites for hydroxylation is 2. The van der Waals surface area contributed by atoms with Crippen molar-refractivity contribution in [2.75, 3.05) is 5.32 Å². The van der Waals surface area contributed by atoms with Crippen LogP contribution in [-0.4, -0.2) is 31.4 Å². The van der Waals surface area contributed by atoms with E-state index in [1.165, 1.54) is 25.7 Å². The van der Waals surface area contributed by atoms with Crippen LogP contribution in [0.2, 0.25) is 0 Å². The predicted octanol–water partition coefficient (Wildman–Crippen LogP) is 3.96. The summed E-state index contributed by atoms with van der Waals surface area (Å²) in [6.45, 7) is 3.83. The fourth-order valence-corrected chi connectivity index (χ4v) is 5.25. The molecule has 0 bridgehead atoms. The van der Waals surface area contributed by atoms with E-state index >= 15 is 0 Å². The fourth-order valence-electron chi connectivity index (χ4n) is 4.01. The number of hydrogen-bond donors (Lipinski definition) is 3. The highest BCUT2D eigenvalue weighted by atomic mass is 32.2. The summed E-state index contributed by atoms with van der Waals surface area (Å²) in [5.74, 6) is 1.50. The third-order valence-electron chi connectivity index (χ3n) is 5.62. The number of H-pyrrole nitrogens is 1. The zero-order valence-corrected chi connectivity index (χ0v) is 17.0. The zero-order valence-electron chi connectivity index (χ0n) is 16.2. The van der Waals surface area contributed by atoms with Gasteiger partial charge in [0.05, 0.1) is 16.1 Å². The largest absolute Gasteiger partial charge is 0.361 e. The average molecular weight is 400 g/mol. The quantitative estimate of drug-likeness (QED) is 0.583. The number of nitrogens with zero attached hydrogens (tertiary/aromatic N) is 2. The summed E-state index contributed by atoms with van der Waals surface area (Å²) < 4.78 is 21.9. The lowest BCUT2D eigenvalue weighted by molar-refractivity contribution is 0.393. The lowest BCUT2D eigenvalue weighted by Gasteiger charge is -2.12. The summed E-state index contributed by atoms with van der Waals surface area (Å²) in [6.07, 6.45) is 6.89. The van der Waals surface area contributed by atoms with Crippen LogP contribution in [0.25, 0.3) is 22.2 Å². The van der Waals surface area contributed by atoms with Gasteiger partial charge in [0.25, 0.3) is 0 Å². The van der Waals surface area contributed by atoms with Crippen molar-refractivity contribution < 1.29 is 8.73 Å². The van der Waals surface area contributed by atoms with Gasteiger partial charge < -0.3 is 14.8 Å². The second kappa shape index (κ2) is 7.00. The van der Waals surface area contributed by atoms with Crippen LogP contribution < -0.4 is 10.0 Å². The molecular weight excluding hydrogens is 374 g/mol. The van der Waals surface area contributed by atoms with Crippen molar-refractivity contribution in [1.82, 2.24) is 19.8 Å². The Kier molecular flexibility index (Phi) is 4.47. The molecule has 3 N–H and O–H groups in total. The van der Waals surface area contributed by atoms with Crippen LogP contribution in [0.4, 0.5) is 5.95 Å². The molecule has 0 amide bonds. The van der Waals surface area contributed by atoms with E-state index in [9.17, 15) is 4.21 Å². The van der Waals surface area contributed by atoms with Gasteiger partial charge in [-0.15, -0.1) is 0 Å². The Hall–Kier alpha value is -2.19. The maximum absolute atomic E-state index is 13.2. The molecule has 1 unspecified atom stereocenters. The van der Waals surface area contributed by atoms with Gasteiger partial charge in [-0.25, -0.2) is 13.9 Å². The van der Waals surface area contributed by atoms with Gasteiger partial charge in [0.15, 0.2) is 0 Å². The highest BCUT2D eigenvalue weighted by Gasteiger charge is 2.25. The Morgan fingerprint density at radius 3 is 2.61 bits per heavy atom. The van der Waals surface area contributed by atoms with Crippen molar-refractivity contribution in [1.29, 1.82) is 0 Å². The van der Waals surface area contributed by atoms with Crippen LogP contribution in [0.3, 0.4) is 0 Å². The summed E-state index contributed by atoms with van der Waals surface area (Å²) in [4.78, 5) is 8.79. The van der Waals surface area contributed by atoms with Crippen molar-refractivity contribution >= 4 is 28.0 Å². The smallest absolute Gasteiger partial charge is 0.201 e. The van der Waals surface area contributed by atoms with Crippen LogP contribution >= 0.6 is 0 Å². The van der Waals surface area contributed by atoms with Crippen molar-refractivity contribution in [3.63, 3.8) is 0 Å². The number of imidazole rings is 1. The third-order valence-corrected chi connectivity index (χ3v) is 6.88. The van der Waals surface area contributed by atoms with E-state index in [0.29, 0.717) is 17.0 Å². The van der Waals surface area contributed by atoms with E-state index in [2.05, 4.69) is 20.2 Å². The first kappa shape index (κ1) is 17.9. The second-order valence-corrected chi connectivity index (χ2v) is 9.15. The standard InChI is InChI=1S/C20H25N5O2S/c1-11-18(12(2)27-24-11)13-9-16-19(23-20(22-16)21-14-7-8-14)17(10-13)28(26)25-15-5-3-4-6-15/h9-10,14-15,25H,3-8H2,1-2H3,(H2,21,22,23). The lowest BCUT2D eigenvalue weighted by Crippen LogP contribution is -2.28. The minimum Gasteiger partial charge on any atom is -0.361 e. The average Bonchev–Trinajstić information content (AvgIpc) is 3.03. The number of rotatable bonds is 6. The number of hydrogen-bond acceptors (Lipinski definition) is 5. The number of fused-ring (bicyclic) bond motifs is 1. The van der Waals surface area contributed by atoms with E-state index < -0.39 is 11.0 Å². The molecule has 0 radical (unpaired) electrons. The molecule has 2 aliphatic carbocycles. The van der Waals surface area contributed by atoms with E-state index in [1.54, 1.807) is 0 Å². The maximum atomic E-state index is 13.2. The number of aromatic amines is 1. The molecule has 2 fully saturated rings. The van der Waals surface area contributed by atoms with Crippen molar-refractivity contribution in [2.45, 2.75) is 69.4 Å². The van der Waals surface area contributed by atoms with Crippen molar-refractivity contribution in [2.24, 2.45) is 0 Å². The molecule has 5 rings (SSSR count). The highest BCUT2D eigenvalue weighted by molar-refractivity contribution is 7.83. The topological polar surface area (TPSA) is 95.8 Å². The molecule has 1 atom stereocenters. The number of aromatic nitrogens is 3. The Bertz CT molecular complexity index is 1030. The first-order valence-electron chi connectivity index (χ1n) is 10.00. The van der Waals surface area contributed by atoms with E-state index in [0.717, 1.165) is 52.4 Å². The minimum atomic E-state index is -1.33. The molecule has 0 aliphatic heterocycles. The molecule has 2 aromatic heterocycles. The molecule has 148 valence electrons. The number of benzene rings is 1. The van der Waals surface area contributed by atoms with Gasteiger partial charge in [-0.3, -0.25) is 0 Å².